The topological polar surface area (TPSA) is 94.1 Å². The van der Waals surface area contributed by atoms with E-state index in [1.807, 2.05) is 17.6 Å². The van der Waals surface area contributed by atoms with Crippen molar-refractivity contribution in [2.45, 2.75) is 44.3 Å². The van der Waals surface area contributed by atoms with Gasteiger partial charge in [-0.2, -0.15) is 0 Å². The zero-order valence-electron chi connectivity index (χ0n) is 12.5. The fraction of sp³-hybridized carbons (Fsp3) is 0.429. The molecule has 0 spiro atoms. The standard InChI is InChI=1S/C14H18N4O3S/c1-3-7-17-13(8-19)15-16-14(17)22-9-11-5-4-6-12(10(11)2)18(20)21/h4-6,19H,3,7-9H2,1-2H3. The summed E-state index contributed by atoms with van der Waals surface area (Å²) in [5.74, 6) is 1.11. The van der Waals surface area contributed by atoms with Crippen LogP contribution in [0.2, 0.25) is 0 Å². The molecule has 0 aliphatic heterocycles. The lowest BCUT2D eigenvalue weighted by Crippen LogP contribution is -2.05. The number of rotatable bonds is 7. The monoisotopic (exact) mass is 322 g/mol. The molecule has 0 bridgehead atoms. The molecule has 1 N–H and O–H groups in total. The van der Waals surface area contributed by atoms with Gasteiger partial charge in [0.05, 0.1) is 4.92 Å². The van der Waals surface area contributed by atoms with Crippen LogP contribution in [0, 0.1) is 17.0 Å². The van der Waals surface area contributed by atoms with Crippen LogP contribution in [0.5, 0.6) is 0 Å². The molecule has 1 aromatic carbocycles. The quantitative estimate of drug-likeness (QED) is 0.478. The van der Waals surface area contributed by atoms with Gasteiger partial charge in [-0.1, -0.05) is 30.8 Å². The SMILES string of the molecule is CCCn1c(CO)nnc1SCc1cccc([N+](=O)[O-])c1C. The summed E-state index contributed by atoms with van der Waals surface area (Å²) in [6.45, 7) is 4.38. The Morgan fingerprint density at radius 3 is 2.82 bits per heavy atom. The molecule has 0 saturated carbocycles. The van der Waals surface area contributed by atoms with Gasteiger partial charge >= 0.3 is 0 Å². The maximum atomic E-state index is 11.0. The van der Waals surface area contributed by atoms with E-state index in [9.17, 15) is 15.2 Å². The van der Waals surface area contributed by atoms with Crippen molar-refractivity contribution in [2.75, 3.05) is 0 Å². The molecule has 1 aromatic heterocycles. The van der Waals surface area contributed by atoms with Crippen molar-refractivity contribution < 1.29 is 10.0 Å². The van der Waals surface area contributed by atoms with Crippen LogP contribution in [0.3, 0.4) is 0 Å². The van der Waals surface area contributed by atoms with Crippen molar-refractivity contribution in [3.63, 3.8) is 0 Å². The van der Waals surface area contributed by atoms with E-state index in [0.29, 0.717) is 17.1 Å². The molecular weight excluding hydrogens is 304 g/mol. The summed E-state index contributed by atoms with van der Waals surface area (Å²) in [6.07, 6.45) is 0.911. The summed E-state index contributed by atoms with van der Waals surface area (Å²) in [6, 6.07) is 5.08. The average molecular weight is 322 g/mol. The number of hydrogen-bond donors (Lipinski definition) is 1. The number of hydrogen-bond acceptors (Lipinski definition) is 6. The van der Waals surface area contributed by atoms with E-state index < -0.39 is 0 Å². The molecule has 0 aliphatic rings. The third-order valence-corrected chi connectivity index (χ3v) is 4.37. The fourth-order valence-electron chi connectivity index (χ4n) is 2.16. The minimum absolute atomic E-state index is 0.129. The van der Waals surface area contributed by atoms with E-state index in [0.717, 1.165) is 23.7 Å². The largest absolute Gasteiger partial charge is 0.388 e. The Balaban J connectivity index is 2.19. The van der Waals surface area contributed by atoms with Crippen LogP contribution in [0.4, 0.5) is 5.69 Å². The Hall–Kier alpha value is -1.93. The normalized spacial score (nSPS) is 10.9. The van der Waals surface area contributed by atoms with E-state index in [1.165, 1.54) is 17.8 Å². The molecule has 0 amide bonds. The third kappa shape index (κ3) is 3.45. The Morgan fingerprint density at radius 2 is 2.18 bits per heavy atom. The molecule has 8 heteroatoms. The summed E-state index contributed by atoms with van der Waals surface area (Å²) in [4.78, 5) is 10.6. The summed E-state index contributed by atoms with van der Waals surface area (Å²) >= 11 is 1.47. The highest BCUT2D eigenvalue weighted by Crippen LogP contribution is 2.28. The van der Waals surface area contributed by atoms with Gasteiger partial charge in [-0.25, -0.2) is 0 Å². The van der Waals surface area contributed by atoms with Crippen molar-refractivity contribution in [3.8, 4) is 0 Å². The number of nitrogens with zero attached hydrogens (tertiary/aromatic N) is 4. The van der Waals surface area contributed by atoms with Crippen molar-refractivity contribution in [1.82, 2.24) is 14.8 Å². The average Bonchev–Trinajstić information content (AvgIpc) is 2.88. The number of aromatic nitrogens is 3. The Kier molecular flexibility index (Phi) is 5.51. The van der Waals surface area contributed by atoms with Gasteiger partial charge in [-0.05, 0) is 18.9 Å². The molecule has 2 aromatic rings. The Labute approximate surface area is 132 Å². The number of aliphatic hydroxyl groups is 1. The second-order valence-electron chi connectivity index (χ2n) is 4.82. The summed E-state index contributed by atoms with van der Waals surface area (Å²) in [7, 11) is 0. The molecule has 7 nitrogen and oxygen atoms in total. The molecule has 0 atom stereocenters. The van der Waals surface area contributed by atoms with Gasteiger partial charge in [0.2, 0.25) is 0 Å². The van der Waals surface area contributed by atoms with E-state index in [1.54, 1.807) is 13.0 Å². The van der Waals surface area contributed by atoms with Crippen LogP contribution >= 0.6 is 11.8 Å². The summed E-state index contributed by atoms with van der Waals surface area (Å²) < 4.78 is 1.89. The Morgan fingerprint density at radius 1 is 1.41 bits per heavy atom. The highest BCUT2D eigenvalue weighted by molar-refractivity contribution is 7.98. The number of benzene rings is 1. The molecular formula is C14H18N4O3S. The zero-order chi connectivity index (χ0) is 16.1. The van der Waals surface area contributed by atoms with Crippen LogP contribution in [-0.4, -0.2) is 24.8 Å². The molecule has 0 unspecified atom stereocenters. The fourth-order valence-corrected chi connectivity index (χ4v) is 3.21. The predicted molar refractivity (Wildman–Crippen MR) is 83.6 cm³/mol. The van der Waals surface area contributed by atoms with Gasteiger partial charge in [0.25, 0.3) is 5.69 Å². The van der Waals surface area contributed by atoms with Crippen molar-refractivity contribution in [3.05, 3.63) is 45.3 Å². The first-order chi connectivity index (χ1) is 10.6. The van der Waals surface area contributed by atoms with Gasteiger partial charge in [-0.15, -0.1) is 10.2 Å². The number of nitro groups is 1. The summed E-state index contributed by atoms with van der Waals surface area (Å²) in [5.41, 5.74) is 1.70. The number of nitro benzene ring substituents is 1. The van der Waals surface area contributed by atoms with Crippen LogP contribution in [0.1, 0.15) is 30.3 Å². The lowest BCUT2D eigenvalue weighted by atomic mass is 10.1. The lowest BCUT2D eigenvalue weighted by Gasteiger charge is -2.08. The molecule has 2 rings (SSSR count). The molecule has 0 saturated heterocycles. The maximum Gasteiger partial charge on any atom is 0.272 e. The molecule has 1 heterocycles. The Bertz CT molecular complexity index is 672. The van der Waals surface area contributed by atoms with Gasteiger partial charge in [0, 0.05) is 23.9 Å². The van der Waals surface area contributed by atoms with Crippen molar-refractivity contribution >= 4 is 17.4 Å². The molecule has 22 heavy (non-hydrogen) atoms. The lowest BCUT2D eigenvalue weighted by molar-refractivity contribution is -0.385. The first kappa shape index (κ1) is 16.4. The van der Waals surface area contributed by atoms with E-state index in [2.05, 4.69) is 10.2 Å². The van der Waals surface area contributed by atoms with Crippen LogP contribution < -0.4 is 0 Å². The second-order valence-corrected chi connectivity index (χ2v) is 5.76. The van der Waals surface area contributed by atoms with Crippen molar-refractivity contribution in [1.29, 1.82) is 0 Å². The first-order valence-corrected chi connectivity index (χ1v) is 7.95. The van der Waals surface area contributed by atoms with Crippen molar-refractivity contribution in [2.24, 2.45) is 0 Å². The van der Waals surface area contributed by atoms with Gasteiger partial charge in [0.15, 0.2) is 11.0 Å². The van der Waals surface area contributed by atoms with Gasteiger partial charge < -0.3 is 9.67 Å². The van der Waals surface area contributed by atoms with Gasteiger partial charge in [0.1, 0.15) is 6.61 Å². The second kappa shape index (κ2) is 7.37. The third-order valence-electron chi connectivity index (χ3n) is 3.35. The predicted octanol–water partition coefficient (Wildman–Crippen LogP) is 2.69. The van der Waals surface area contributed by atoms with Crippen LogP contribution in [0.15, 0.2) is 23.4 Å². The van der Waals surface area contributed by atoms with Crippen LogP contribution in [0.25, 0.3) is 0 Å². The van der Waals surface area contributed by atoms with E-state index >= 15 is 0 Å². The highest BCUT2D eigenvalue weighted by Gasteiger charge is 2.15. The molecule has 0 radical (unpaired) electrons. The maximum absolute atomic E-state index is 11.0. The minimum atomic E-state index is -0.368. The summed E-state index contributed by atoms with van der Waals surface area (Å²) in [5, 5.41) is 29.0. The first-order valence-electron chi connectivity index (χ1n) is 6.97. The number of aliphatic hydroxyl groups excluding tert-OH is 1. The highest BCUT2D eigenvalue weighted by atomic mass is 32.2. The van der Waals surface area contributed by atoms with Gasteiger partial charge in [-0.3, -0.25) is 10.1 Å². The number of thioether (sulfide) groups is 1. The van der Waals surface area contributed by atoms with Crippen LogP contribution in [-0.2, 0) is 18.9 Å². The van der Waals surface area contributed by atoms with E-state index in [-0.39, 0.29) is 17.2 Å². The molecule has 0 aliphatic carbocycles. The molecule has 0 fully saturated rings. The van der Waals surface area contributed by atoms with E-state index in [4.69, 9.17) is 0 Å². The molecule has 118 valence electrons. The minimum Gasteiger partial charge on any atom is -0.388 e. The zero-order valence-corrected chi connectivity index (χ0v) is 13.3. The smallest absolute Gasteiger partial charge is 0.272 e.